The molecular formula is C11H16N4S. The lowest BCUT2D eigenvalue weighted by atomic mass is 9.98. The van der Waals surface area contributed by atoms with Gasteiger partial charge in [-0.25, -0.2) is 0 Å². The van der Waals surface area contributed by atoms with E-state index in [1.54, 1.807) is 0 Å². The SMILES string of the molecule is CC1CCCC1CNc1snc(N)c1C#N. The van der Waals surface area contributed by atoms with E-state index in [0.717, 1.165) is 23.4 Å². The minimum Gasteiger partial charge on any atom is -0.382 e. The lowest BCUT2D eigenvalue weighted by molar-refractivity contribution is 0.440. The highest BCUT2D eigenvalue weighted by Crippen LogP contribution is 2.32. The van der Waals surface area contributed by atoms with E-state index in [4.69, 9.17) is 11.0 Å². The van der Waals surface area contributed by atoms with Crippen LogP contribution in [0.1, 0.15) is 31.7 Å². The van der Waals surface area contributed by atoms with Gasteiger partial charge in [-0.05, 0) is 29.8 Å². The number of rotatable bonds is 3. The number of nitriles is 1. The maximum atomic E-state index is 8.93. The molecule has 1 aromatic rings. The Labute approximate surface area is 99.6 Å². The summed E-state index contributed by atoms with van der Waals surface area (Å²) in [5.74, 6) is 1.84. The molecule has 2 rings (SSSR count). The number of anilines is 2. The van der Waals surface area contributed by atoms with E-state index in [1.165, 1.54) is 30.8 Å². The molecule has 1 heterocycles. The molecule has 0 bridgehead atoms. The van der Waals surface area contributed by atoms with Crippen molar-refractivity contribution in [2.75, 3.05) is 17.6 Å². The molecule has 5 heteroatoms. The van der Waals surface area contributed by atoms with Gasteiger partial charge in [0.25, 0.3) is 0 Å². The molecule has 3 N–H and O–H groups in total. The van der Waals surface area contributed by atoms with Crippen molar-refractivity contribution < 1.29 is 0 Å². The highest BCUT2D eigenvalue weighted by Gasteiger charge is 2.23. The van der Waals surface area contributed by atoms with Crippen molar-refractivity contribution in [2.45, 2.75) is 26.2 Å². The van der Waals surface area contributed by atoms with Gasteiger partial charge in [0, 0.05) is 6.54 Å². The van der Waals surface area contributed by atoms with Crippen LogP contribution < -0.4 is 11.1 Å². The average Bonchev–Trinajstić information content (AvgIpc) is 2.82. The molecule has 86 valence electrons. The van der Waals surface area contributed by atoms with Gasteiger partial charge >= 0.3 is 0 Å². The minimum absolute atomic E-state index is 0.342. The van der Waals surface area contributed by atoms with Crippen LogP contribution in [-0.4, -0.2) is 10.9 Å². The third kappa shape index (κ3) is 2.12. The van der Waals surface area contributed by atoms with Crippen molar-refractivity contribution in [3.8, 4) is 6.07 Å². The maximum Gasteiger partial charge on any atom is 0.157 e. The zero-order valence-corrected chi connectivity index (χ0v) is 10.2. The number of nitrogens with one attached hydrogen (secondary N) is 1. The summed E-state index contributed by atoms with van der Waals surface area (Å²) < 4.78 is 3.99. The van der Waals surface area contributed by atoms with Gasteiger partial charge in [0.05, 0.1) is 0 Å². The highest BCUT2D eigenvalue weighted by atomic mass is 32.1. The van der Waals surface area contributed by atoms with Gasteiger partial charge in [0.2, 0.25) is 0 Å². The first-order chi connectivity index (χ1) is 7.72. The molecule has 1 saturated carbocycles. The molecule has 0 saturated heterocycles. The van der Waals surface area contributed by atoms with Crippen molar-refractivity contribution in [2.24, 2.45) is 11.8 Å². The smallest absolute Gasteiger partial charge is 0.157 e. The van der Waals surface area contributed by atoms with Crippen LogP contribution >= 0.6 is 11.5 Å². The molecule has 2 atom stereocenters. The van der Waals surface area contributed by atoms with Gasteiger partial charge in [-0.15, -0.1) is 0 Å². The molecular weight excluding hydrogens is 220 g/mol. The fourth-order valence-electron chi connectivity index (χ4n) is 2.28. The van der Waals surface area contributed by atoms with E-state index in [0.29, 0.717) is 11.4 Å². The Balaban J connectivity index is 1.97. The molecule has 0 spiro atoms. The highest BCUT2D eigenvalue weighted by molar-refractivity contribution is 7.10. The zero-order valence-electron chi connectivity index (χ0n) is 9.36. The van der Waals surface area contributed by atoms with Crippen LogP contribution in [0.25, 0.3) is 0 Å². The van der Waals surface area contributed by atoms with Crippen LogP contribution in [0.2, 0.25) is 0 Å². The quantitative estimate of drug-likeness (QED) is 0.845. The van der Waals surface area contributed by atoms with Gasteiger partial charge < -0.3 is 11.1 Å². The average molecular weight is 236 g/mol. The number of hydrogen-bond acceptors (Lipinski definition) is 5. The standard InChI is InChI=1S/C11H16N4S/c1-7-3-2-4-8(7)6-14-11-9(5-12)10(13)15-16-11/h7-8,14H,2-4,6H2,1H3,(H2,13,15). The second kappa shape index (κ2) is 4.71. The summed E-state index contributed by atoms with van der Waals surface area (Å²) in [5.41, 5.74) is 6.10. The van der Waals surface area contributed by atoms with Crippen LogP contribution in [0.15, 0.2) is 0 Å². The van der Waals surface area contributed by atoms with Gasteiger partial charge in [0.15, 0.2) is 5.82 Å². The van der Waals surface area contributed by atoms with Crippen LogP contribution in [0.4, 0.5) is 10.8 Å². The molecule has 0 amide bonds. The lowest BCUT2D eigenvalue weighted by Crippen LogP contribution is -2.16. The molecule has 0 radical (unpaired) electrons. The van der Waals surface area contributed by atoms with Crippen molar-refractivity contribution in [1.29, 1.82) is 5.26 Å². The van der Waals surface area contributed by atoms with E-state index in [2.05, 4.69) is 22.7 Å². The Morgan fingerprint density at radius 2 is 2.44 bits per heavy atom. The van der Waals surface area contributed by atoms with Gasteiger partial charge in [-0.2, -0.15) is 9.64 Å². The summed E-state index contributed by atoms with van der Waals surface area (Å²) in [4.78, 5) is 0. The Hall–Kier alpha value is -1.28. The summed E-state index contributed by atoms with van der Waals surface area (Å²) in [7, 11) is 0. The predicted octanol–water partition coefficient (Wildman–Crippen LogP) is 2.45. The molecule has 4 nitrogen and oxygen atoms in total. The van der Waals surface area contributed by atoms with E-state index in [9.17, 15) is 0 Å². The first kappa shape index (κ1) is 11.2. The summed E-state index contributed by atoms with van der Waals surface area (Å²) >= 11 is 1.28. The lowest BCUT2D eigenvalue weighted by Gasteiger charge is -2.15. The summed E-state index contributed by atoms with van der Waals surface area (Å²) in [5, 5.41) is 13.1. The number of nitrogens with zero attached hydrogens (tertiary/aromatic N) is 2. The van der Waals surface area contributed by atoms with Crippen LogP contribution in [-0.2, 0) is 0 Å². The third-order valence-electron chi connectivity index (χ3n) is 3.39. The van der Waals surface area contributed by atoms with Gasteiger partial charge in [-0.1, -0.05) is 19.8 Å². The molecule has 16 heavy (non-hydrogen) atoms. The fraction of sp³-hybridized carbons (Fsp3) is 0.636. The van der Waals surface area contributed by atoms with E-state index >= 15 is 0 Å². The normalized spacial score (nSPS) is 24.2. The maximum absolute atomic E-state index is 8.93. The fourth-order valence-corrected chi connectivity index (χ4v) is 2.95. The molecule has 1 aromatic heterocycles. The monoisotopic (exact) mass is 236 g/mol. The zero-order chi connectivity index (χ0) is 11.5. The van der Waals surface area contributed by atoms with Crippen molar-refractivity contribution in [3.05, 3.63) is 5.56 Å². The van der Waals surface area contributed by atoms with E-state index in [-0.39, 0.29) is 0 Å². The molecule has 2 unspecified atom stereocenters. The molecule has 1 aliphatic rings. The number of hydrogen-bond donors (Lipinski definition) is 2. The number of aromatic nitrogens is 1. The van der Waals surface area contributed by atoms with Gasteiger partial charge in [-0.3, -0.25) is 0 Å². The molecule has 1 fully saturated rings. The van der Waals surface area contributed by atoms with Gasteiger partial charge in [0.1, 0.15) is 16.6 Å². The first-order valence-electron chi connectivity index (χ1n) is 5.61. The van der Waals surface area contributed by atoms with Crippen LogP contribution in [0.3, 0.4) is 0 Å². The topological polar surface area (TPSA) is 74.7 Å². The van der Waals surface area contributed by atoms with Crippen LogP contribution in [0.5, 0.6) is 0 Å². The molecule has 0 aromatic carbocycles. The number of nitrogens with two attached hydrogens (primary N) is 1. The van der Waals surface area contributed by atoms with Crippen LogP contribution in [0, 0.1) is 23.2 Å². The van der Waals surface area contributed by atoms with Crippen molar-refractivity contribution >= 4 is 22.4 Å². The Morgan fingerprint density at radius 3 is 3.06 bits per heavy atom. The molecule has 0 aliphatic heterocycles. The summed E-state index contributed by atoms with van der Waals surface area (Å²) in [6.07, 6.45) is 3.93. The van der Waals surface area contributed by atoms with E-state index < -0.39 is 0 Å². The predicted molar refractivity (Wildman–Crippen MR) is 66.2 cm³/mol. The molecule has 1 aliphatic carbocycles. The first-order valence-corrected chi connectivity index (χ1v) is 6.38. The number of nitrogen functional groups attached to an aromatic ring is 1. The summed E-state index contributed by atoms with van der Waals surface area (Å²) in [6.45, 7) is 3.23. The minimum atomic E-state index is 0.342. The Bertz CT molecular complexity index is 407. The van der Waals surface area contributed by atoms with Crippen molar-refractivity contribution in [1.82, 2.24) is 4.37 Å². The van der Waals surface area contributed by atoms with E-state index in [1.807, 2.05) is 0 Å². The van der Waals surface area contributed by atoms with Crippen molar-refractivity contribution in [3.63, 3.8) is 0 Å². The Morgan fingerprint density at radius 1 is 1.62 bits per heavy atom. The second-order valence-corrected chi connectivity index (χ2v) is 5.21. The Kier molecular flexibility index (Phi) is 3.30. The second-order valence-electron chi connectivity index (χ2n) is 4.43. The third-order valence-corrected chi connectivity index (χ3v) is 4.21. The summed E-state index contributed by atoms with van der Waals surface area (Å²) in [6, 6.07) is 2.09. The largest absolute Gasteiger partial charge is 0.382 e.